The smallest absolute Gasteiger partial charge is 0.0236 e. The Morgan fingerprint density at radius 1 is 1.24 bits per heavy atom. The minimum atomic E-state index is 0.590. The molecule has 1 saturated heterocycles. The first-order valence-corrected chi connectivity index (χ1v) is 6.80. The molecule has 92 valence electrons. The average molecular weight is 229 g/mol. The van der Waals surface area contributed by atoms with Crippen LogP contribution in [0.15, 0.2) is 30.3 Å². The Hall–Kier alpha value is -0.820. The molecule has 2 atom stereocenters. The van der Waals surface area contributed by atoms with Crippen LogP contribution in [0.2, 0.25) is 0 Å². The zero-order valence-electron chi connectivity index (χ0n) is 11.2. The van der Waals surface area contributed by atoms with E-state index in [1.807, 2.05) is 0 Å². The maximum Gasteiger partial charge on any atom is 0.0236 e. The van der Waals surface area contributed by atoms with Gasteiger partial charge in [-0.05, 0) is 36.2 Å². The van der Waals surface area contributed by atoms with Crippen LogP contribution in [0.3, 0.4) is 0 Å². The van der Waals surface area contributed by atoms with E-state index < -0.39 is 0 Å². The van der Waals surface area contributed by atoms with Gasteiger partial charge in [-0.25, -0.2) is 0 Å². The van der Waals surface area contributed by atoms with Gasteiger partial charge in [-0.1, -0.05) is 44.2 Å². The minimum absolute atomic E-state index is 0.590. The summed E-state index contributed by atoms with van der Waals surface area (Å²) < 4.78 is 0. The number of likely N-dealkylation sites (tertiary alicyclic amines) is 1. The van der Waals surface area contributed by atoms with E-state index in [0.717, 1.165) is 12.6 Å². The molecular weight excluding hydrogens is 206 g/mol. The van der Waals surface area contributed by atoms with Crippen LogP contribution in [0.25, 0.3) is 0 Å². The van der Waals surface area contributed by atoms with Crippen molar-refractivity contribution in [2.45, 2.75) is 46.2 Å². The molecular formula is C16H23N. The first kappa shape index (κ1) is 11.3. The molecule has 1 heterocycles. The second-order valence-corrected chi connectivity index (χ2v) is 6.78. The van der Waals surface area contributed by atoms with E-state index in [-0.39, 0.29) is 0 Å². The van der Waals surface area contributed by atoms with E-state index in [9.17, 15) is 0 Å². The molecule has 1 aromatic carbocycles. The van der Waals surface area contributed by atoms with Crippen molar-refractivity contribution in [2.24, 2.45) is 10.8 Å². The van der Waals surface area contributed by atoms with Gasteiger partial charge in [0, 0.05) is 19.1 Å². The second kappa shape index (κ2) is 3.58. The molecule has 3 rings (SSSR count). The predicted molar refractivity (Wildman–Crippen MR) is 71.8 cm³/mol. The molecule has 1 heteroatoms. The van der Waals surface area contributed by atoms with Gasteiger partial charge < -0.3 is 0 Å². The topological polar surface area (TPSA) is 3.24 Å². The summed E-state index contributed by atoms with van der Waals surface area (Å²) in [5.41, 5.74) is 2.68. The fourth-order valence-corrected chi connectivity index (χ4v) is 3.75. The molecule has 0 bridgehead atoms. The summed E-state index contributed by atoms with van der Waals surface area (Å²) in [5, 5.41) is 0. The van der Waals surface area contributed by atoms with Gasteiger partial charge in [-0.3, -0.25) is 4.90 Å². The summed E-state index contributed by atoms with van der Waals surface area (Å²) in [5.74, 6) is 0. The first-order valence-electron chi connectivity index (χ1n) is 6.80. The average Bonchev–Trinajstić information content (AvgIpc) is 2.63. The Morgan fingerprint density at radius 2 is 1.88 bits per heavy atom. The number of benzene rings is 1. The Morgan fingerprint density at radius 3 is 2.41 bits per heavy atom. The number of hydrogen-bond acceptors (Lipinski definition) is 1. The lowest BCUT2D eigenvalue weighted by Gasteiger charge is -2.21. The van der Waals surface area contributed by atoms with Crippen molar-refractivity contribution in [3.63, 3.8) is 0 Å². The second-order valence-electron chi connectivity index (χ2n) is 6.78. The standard InChI is InChI=1S/C16H23N/c1-13-9-16(11-15(16,2)3)12-17(13)10-14-7-5-4-6-8-14/h4-8,13H,9-12H2,1-3H3. The molecule has 2 fully saturated rings. The Kier molecular flexibility index (Phi) is 2.38. The summed E-state index contributed by atoms with van der Waals surface area (Å²) in [4.78, 5) is 2.67. The van der Waals surface area contributed by atoms with E-state index in [0.29, 0.717) is 10.8 Å². The third-order valence-corrected chi connectivity index (χ3v) is 5.13. The Labute approximate surface area is 105 Å². The molecule has 2 aliphatic rings. The Bertz CT molecular complexity index is 409. The van der Waals surface area contributed by atoms with Crippen molar-refractivity contribution in [2.75, 3.05) is 6.54 Å². The van der Waals surface area contributed by atoms with Crippen LogP contribution in [-0.4, -0.2) is 17.5 Å². The van der Waals surface area contributed by atoms with E-state index >= 15 is 0 Å². The maximum atomic E-state index is 2.67. The summed E-state index contributed by atoms with van der Waals surface area (Å²) >= 11 is 0. The minimum Gasteiger partial charge on any atom is -0.296 e. The van der Waals surface area contributed by atoms with Crippen molar-refractivity contribution in [1.82, 2.24) is 4.90 Å². The summed E-state index contributed by atoms with van der Waals surface area (Å²) in [6.45, 7) is 9.69. The highest BCUT2D eigenvalue weighted by atomic mass is 15.2. The first-order chi connectivity index (χ1) is 8.02. The molecule has 1 aliphatic carbocycles. The molecule has 2 unspecified atom stereocenters. The van der Waals surface area contributed by atoms with Crippen LogP contribution in [0, 0.1) is 10.8 Å². The third-order valence-electron chi connectivity index (χ3n) is 5.13. The highest BCUT2D eigenvalue weighted by Crippen LogP contribution is 2.68. The molecule has 1 saturated carbocycles. The maximum absolute atomic E-state index is 2.67. The van der Waals surface area contributed by atoms with Crippen molar-refractivity contribution in [3.05, 3.63) is 35.9 Å². The van der Waals surface area contributed by atoms with Gasteiger partial charge in [0.2, 0.25) is 0 Å². The Balaban J connectivity index is 1.70. The fraction of sp³-hybridized carbons (Fsp3) is 0.625. The molecule has 0 amide bonds. The number of rotatable bonds is 2. The van der Waals surface area contributed by atoms with E-state index in [1.165, 1.54) is 24.9 Å². The van der Waals surface area contributed by atoms with E-state index in [1.54, 1.807) is 0 Å². The lowest BCUT2D eigenvalue weighted by atomic mass is 9.93. The number of hydrogen-bond donors (Lipinski definition) is 0. The van der Waals surface area contributed by atoms with Gasteiger partial charge in [0.1, 0.15) is 0 Å². The van der Waals surface area contributed by atoms with Crippen LogP contribution in [0.4, 0.5) is 0 Å². The quantitative estimate of drug-likeness (QED) is 0.747. The van der Waals surface area contributed by atoms with Gasteiger partial charge in [-0.15, -0.1) is 0 Å². The van der Waals surface area contributed by atoms with Crippen LogP contribution >= 0.6 is 0 Å². The molecule has 0 aromatic heterocycles. The van der Waals surface area contributed by atoms with E-state index in [4.69, 9.17) is 0 Å². The molecule has 1 spiro atoms. The molecule has 1 nitrogen and oxygen atoms in total. The van der Waals surface area contributed by atoms with Crippen LogP contribution in [0.1, 0.15) is 39.2 Å². The normalized spacial score (nSPS) is 35.4. The van der Waals surface area contributed by atoms with Crippen molar-refractivity contribution in [3.8, 4) is 0 Å². The van der Waals surface area contributed by atoms with Gasteiger partial charge in [-0.2, -0.15) is 0 Å². The van der Waals surface area contributed by atoms with Crippen molar-refractivity contribution >= 4 is 0 Å². The largest absolute Gasteiger partial charge is 0.296 e. The van der Waals surface area contributed by atoms with Crippen LogP contribution < -0.4 is 0 Å². The van der Waals surface area contributed by atoms with Crippen LogP contribution in [0.5, 0.6) is 0 Å². The van der Waals surface area contributed by atoms with Gasteiger partial charge in [0.05, 0.1) is 0 Å². The fourth-order valence-electron chi connectivity index (χ4n) is 3.75. The van der Waals surface area contributed by atoms with Gasteiger partial charge in [0.25, 0.3) is 0 Å². The molecule has 1 aromatic rings. The highest BCUT2D eigenvalue weighted by molar-refractivity contribution is 5.18. The van der Waals surface area contributed by atoms with E-state index in [2.05, 4.69) is 56.0 Å². The predicted octanol–water partition coefficient (Wildman–Crippen LogP) is 3.70. The third kappa shape index (κ3) is 1.81. The summed E-state index contributed by atoms with van der Waals surface area (Å²) in [6, 6.07) is 11.6. The summed E-state index contributed by atoms with van der Waals surface area (Å²) in [7, 11) is 0. The zero-order valence-corrected chi connectivity index (χ0v) is 11.2. The van der Waals surface area contributed by atoms with Gasteiger partial charge >= 0.3 is 0 Å². The summed E-state index contributed by atoms with van der Waals surface area (Å²) in [6.07, 6.45) is 2.82. The van der Waals surface area contributed by atoms with Crippen molar-refractivity contribution in [1.29, 1.82) is 0 Å². The lowest BCUT2D eigenvalue weighted by molar-refractivity contribution is 0.248. The molecule has 17 heavy (non-hydrogen) atoms. The van der Waals surface area contributed by atoms with Gasteiger partial charge in [0.15, 0.2) is 0 Å². The molecule has 0 radical (unpaired) electrons. The molecule has 0 N–H and O–H groups in total. The molecule has 1 aliphatic heterocycles. The van der Waals surface area contributed by atoms with Crippen molar-refractivity contribution < 1.29 is 0 Å². The SMILES string of the molecule is CC1CC2(CN1Cc1ccccc1)CC2(C)C. The van der Waals surface area contributed by atoms with Crippen LogP contribution in [-0.2, 0) is 6.54 Å². The monoisotopic (exact) mass is 229 g/mol. The number of nitrogens with zero attached hydrogens (tertiary/aromatic N) is 1. The highest BCUT2D eigenvalue weighted by Gasteiger charge is 2.64. The zero-order chi connectivity index (χ0) is 12.1. The lowest BCUT2D eigenvalue weighted by Crippen LogP contribution is -2.27.